The van der Waals surface area contributed by atoms with Gasteiger partial charge in [0.05, 0.1) is 0 Å². The molecule has 0 fully saturated rings. The number of rotatable bonds is 0. The van der Waals surface area contributed by atoms with E-state index in [1.165, 1.54) is 27.7 Å². The van der Waals surface area contributed by atoms with E-state index in [1.54, 1.807) is 0 Å². The van der Waals surface area contributed by atoms with Crippen molar-refractivity contribution >= 4 is 10.9 Å². The molecule has 0 unspecified atom stereocenters. The van der Waals surface area contributed by atoms with Crippen molar-refractivity contribution in [3.63, 3.8) is 0 Å². The molecule has 0 bridgehead atoms. The monoisotopic (exact) mass is 228 g/mol. The third kappa shape index (κ3) is 1.59. The first-order valence-corrected chi connectivity index (χ1v) is 6.30. The zero-order valence-corrected chi connectivity index (χ0v) is 11.1. The molecular formula is C15H20N2. The number of hydrogen-bond donors (Lipinski definition) is 1. The van der Waals surface area contributed by atoms with Gasteiger partial charge in [-0.15, -0.1) is 0 Å². The highest BCUT2D eigenvalue weighted by Crippen LogP contribution is 2.32. The van der Waals surface area contributed by atoms with E-state index in [2.05, 4.69) is 55.9 Å². The second-order valence-electron chi connectivity index (χ2n) is 5.92. The van der Waals surface area contributed by atoms with E-state index >= 15 is 0 Å². The molecule has 1 aromatic carbocycles. The number of fused-ring (bicyclic) bond motifs is 3. The molecule has 0 amide bonds. The summed E-state index contributed by atoms with van der Waals surface area (Å²) in [5.74, 6) is 0. The zero-order chi connectivity index (χ0) is 12.2. The Bertz CT molecular complexity index is 590. The van der Waals surface area contributed by atoms with Crippen molar-refractivity contribution in [2.24, 2.45) is 7.05 Å². The Hall–Kier alpha value is -1.28. The molecule has 1 aliphatic heterocycles. The molecule has 2 heterocycles. The Kier molecular flexibility index (Phi) is 2.14. The van der Waals surface area contributed by atoms with Crippen LogP contribution in [0.15, 0.2) is 18.2 Å². The van der Waals surface area contributed by atoms with Crippen LogP contribution in [0.2, 0.25) is 0 Å². The first kappa shape index (κ1) is 10.8. The van der Waals surface area contributed by atoms with Crippen LogP contribution in [0, 0.1) is 6.92 Å². The molecule has 1 aliphatic rings. The second-order valence-corrected chi connectivity index (χ2v) is 5.92. The lowest BCUT2D eigenvalue weighted by Gasteiger charge is -2.32. The topological polar surface area (TPSA) is 17.0 Å². The highest BCUT2D eigenvalue weighted by atomic mass is 15.0. The summed E-state index contributed by atoms with van der Waals surface area (Å²) in [6, 6.07) is 6.76. The van der Waals surface area contributed by atoms with E-state index in [0.717, 1.165) is 13.0 Å². The molecule has 90 valence electrons. The van der Waals surface area contributed by atoms with E-state index in [-0.39, 0.29) is 5.54 Å². The predicted octanol–water partition coefficient (Wildman–Crippen LogP) is 2.91. The lowest BCUT2D eigenvalue weighted by molar-refractivity contribution is 0.356. The maximum atomic E-state index is 3.63. The summed E-state index contributed by atoms with van der Waals surface area (Å²) < 4.78 is 2.37. The molecule has 0 aliphatic carbocycles. The minimum atomic E-state index is 0.212. The van der Waals surface area contributed by atoms with E-state index in [0.29, 0.717) is 0 Å². The van der Waals surface area contributed by atoms with Crippen LogP contribution in [0.25, 0.3) is 10.9 Å². The Morgan fingerprint density at radius 2 is 2.06 bits per heavy atom. The summed E-state index contributed by atoms with van der Waals surface area (Å²) in [6.07, 6.45) is 1.10. The lowest BCUT2D eigenvalue weighted by atomic mass is 9.91. The van der Waals surface area contributed by atoms with Gasteiger partial charge in [0.15, 0.2) is 0 Å². The average molecular weight is 228 g/mol. The van der Waals surface area contributed by atoms with E-state index in [4.69, 9.17) is 0 Å². The van der Waals surface area contributed by atoms with E-state index in [1.807, 2.05) is 0 Å². The van der Waals surface area contributed by atoms with Gasteiger partial charge in [-0.05, 0) is 38.5 Å². The Morgan fingerprint density at radius 1 is 1.29 bits per heavy atom. The van der Waals surface area contributed by atoms with Crippen LogP contribution in [0.4, 0.5) is 0 Å². The molecule has 2 nitrogen and oxygen atoms in total. The molecule has 2 aromatic rings. The third-order valence-electron chi connectivity index (χ3n) is 3.94. The lowest BCUT2D eigenvalue weighted by Crippen LogP contribution is -2.44. The van der Waals surface area contributed by atoms with Gasteiger partial charge in [-0.3, -0.25) is 0 Å². The molecule has 3 rings (SSSR count). The fraction of sp³-hybridized carbons (Fsp3) is 0.467. The van der Waals surface area contributed by atoms with Gasteiger partial charge in [-0.25, -0.2) is 0 Å². The van der Waals surface area contributed by atoms with Gasteiger partial charge < -0.3 is 9.88 Å². The molecule has 2 heteroatoms. The maximum Gasteiger partial charge on any atom is 0.0483 e. The molecule has 0 atom stereocenters. The average Bonchev–Trinajstić information content (AvgIpc) is 2.51. The van der Waals surface area contributed by atoms with Crippen LogP contribution >= 0.6 is 0 Å². The van der Waals surface area contributed by atoms with Crippen LogP contribution < -0.4 is 5.32 Å². The minimum absolute atomic E-state index is 0.212. The summed E-state index contributed by atoms with van der Waals surface area (Å²) in [4.78, 5) is 0. The van der Waals surface area contributed by atoms with Gasteiger partial charge in [-0.1, -0.05) is 11.6 Å². The van der Waals surface area contributed by atoms with Gasteiger partial charge >= 0.3 is 0 Å². The molecule has 0 radical (unpaired) electrons. The largest absolute Gasteiger partial charge is 0.347 e. The number of aryl methyl sites for hydroxylation is 2. The SMILES string of the molecule is Cc1ccc2c(c1)c1c(n2C)CC(C)(C)NC1. The maximum absolute atomic E-state index is 3.63. The summed E-state index contributed by atoms with van der Waals surface area (Å²) in [5, 5.41) is 5.05. The standard InChI is InChI=1S/C15H20N2/c1-10-5-6-13-11(7-10)12-9-16-15(2,3)8-14(12)17(13)4/h5-7,16H,8-9H2,1-4H3. The second kappa shape index (κ2) is 3.36. The van der Waals surface area contributed by atoms with Crippen molar-refractivity contribution in [1.82, 2.24) is 9.88 Å². The van der Waals surface area contributed by atoms with Crippen LogP contribution in [-0.2, 0) is 20.0 Å². The summed E-state index contributed by atoms with van der Waals surface area (Å²) in [5.41, 5.74) is 5.90. The molecular weight excluding hydrogens is 208 g/mol. The van der Waals surface area contributed by atoms with E-state index < -0.39 is 0 Å². The van der Waals surface area contributed by atoms with Gasteiger partial charge in [0.2, 0.25) is 0 Å². The summed E-state index contributed by atoms with van der Waals surface area (Å²) >= 11 is 0. The quantitative estimate of drug-likeness (QED) is 0.733. The van der Waals surface area contributed by atoms with Crippen molar-refractivity contribution < 1.29 is 0 Å². The fourth-order valence-corrected chi connectivity index (χ4v) is 2.92. The highest BCUT2D eigenvalue weighted by Gasteiger charge is 2.28. The first-order valence-electron chi connectivity index (χ1n) is 6.30. The third-order valence-corrected chi connectivity index (χ3v) is 3.94. The number of benzene rings is 1. The molecule has 0 spiro atoms. The van der Waals surface area contributed by atoms with Crippen molar-refractivity contribution in [3.05, 3.63) is 35.0 Å². The van der Waals surface area contributed by atoms with Crippen molar-refractivity contribution in [2.45, 2.75) is 39.3 Å². The van der Waals surface area contributed by atoms with Gasteiger partial charge in [0.1, 0.15) is 0 Å². The minimum Gasteiger partial charge on any atom is -0.347 e. The molecule has 17 heavy (non-hydrogen) atoms. The molecule has 1 aromatic heterocycles. The number of nitrogens with zero attached hydrogens (tertiary/aromatic N) is 1. The zero-order valence-electron chi connectivity index (χ0n) is 11.1. The highest BCUT2D eigenvalue weighted by molar-refractivity contribution is 5.86. The normalized spacial score (nSPS) is 18.4. The van der Waals surface area contributed by atoms with Crippen LogP contribution in [0.5, 0.6) is 0 Å². The van der Waals surface area contributed by atoms with E-state index in [9.17, 15) is 0 Å². The predicted molar refractivity (Wildman–Crippen MR) is 72.3 cm³/mol. The number of aromatic nitrogens is 1. The summed E-state index contributed by atoms with van der Waals surface area (Å²) in [7, 11) is 2.19. The number of nitrogens with one attached hydrogen (secondary N) is 1. The van der Waals surface area contributed by atoms with Crippen molar-refractivity contribution in [3.8, 4) is 0 Å². The number of hydrogen-bond acceptors (Lipinski definition) is 1. The Balaban J connectivity index is 2.29. The smallest absolute Gasteiger partial charge is 0.0483 e. The Morgan fingerprint density at radius 3 is 2.82 bits per heavy atom. The van der Waals surface area contributed by atoms with Crippen LogP contribution in [-0.4, -0.2) is 10.1 Å². The molecule has 1 N–H and O–H groups in total. The van der Waals surface area contributed by atoms with Gasteiger partial charge in [0, 0.05) is 42.1 Å². The van der Waals surface area contributed by atoms with Crippen LogP contribution in [0.3, 0.4) is 0 Å². The molecule has 0 saturated carbocycles. The van der Waals surface area contributed by atoms with Gasteiger partial charge in [0.25, 0.3) is 0 Å². The first-order chi connectivity index (χ1) is 7.98. The van der Waals surface area contributed by atoms with Crippen LogP contribution in [0.1, 0.15) is 30.7 Å². The fourth-order valence-electron chi connectivity index (χ4n) is 2.92. The summed E-state index contributed by atoms with van der Waals surface area (Å²) in [6.45, 7) is 7.71. The van der Waals surface area contributed by atoms with Crippen molar-refractivity contribution in [1.29, 1.82) is 0 Å². The Labute approximate surface area is 103 Å². The van der Waals surface area contributed by atoms with Crippen molar-refractivity contribution in [2.75, 3.05) is 0 Å². The molecule has 0 saturated heterocycles. The van der Waals surface area contributed by atoms with Gasteiger partial charge in [-0.2, -0.15) is 0 Å².